The van der Waals surface area contributed by atoms with Gasteiger partial charge in [0.15, 0.2) is 0 Å². The van der Waals surface area contributed by atoms with Gasteiger partial charge in [0.25, 0.3) is 0 Å². The van der Waals surface area contributed by atoms with Crippen molar-refractivity contribution in [3.8, 4) is 0 Å². The lowest BCUT2D eigenvalue weighted by atomic mass is 10.1. The van der Waals surface area contributed by atoms with Gasteiger partial charge in [-0.3, -0.25) is 0 Å². The molecular formula is C12H19NO. The van der Waals surface area contributed by atoms with E-state index in [1.165, 1.54) is 5.56 Å². The van der Waals surface area contributed by atoms with Gasteiger partial charge in [-0.15, -0.1) is 0 Å². The molecule has 1 aromatic rings. The minimum Gasteiger partial charge on any atom is -0.371 e. The van der Waals surface area contributed by atoms with Gasteiger partial charge in [0.05, 0.1) is 12.2 Å². The fraction of sp³-hybridized carbons (Fsp3) is 0.500. The van der Waals surface area contributed by atoms with Gasteiger partial charge in [-0.25, -0.2) is 0 Å². The van der Waals surface area contributed by atoms with Crippen LogP contribution in [0.3, 0.4) is 0 Å². The highest BCUT2D eigenvalue weighted by atomic mass is 16.5. The summed E-state index contributed by atoms with van der Waals surface area (Å²) in [5, 5.41) is 0. The van der Waals surface area contributed by atoms with Crippen molar-refractivity contribution in [2.24, 2.45) is 5.73 Å². The molecule has 0 aromatic heterocycles. The number of rotatable bonds is 3. The number of hydrogen-bond donors (Lipinski definition) is 1. The molecule has 1 rings (SSSR count). The summed E-state index contributed by atoms with van der Waals surface area (Å²) in [5.74, 6) is 0. The van der Waals surface area contributed by atoms with Crippen molar-refractivity contribution < 1.29 is 4.74 Å². The van der Waals surface area contributed by atoms with E-state index < -0.39 is 0 Å². The molecule has 2 nitrogen and oxygen atoms in total. The van der Waals surface area contributed by atoms with Crippen LogP contribution in [0, 0.1) is 0 Å². The van der Waals surface area contributed by atoms with Gasteiger partial charge in [0.2, 0.25) is 0 Å². The lowest BCUT2D eigenvalue weighted by Crippen LogP contribution is -2.18. The molecule has 2 heteroatoms. The zero-order valence-electron chi connectivity index (χ0n) is 9.21. The summed E-state index contributed by atoms with van der Waals surface area (Å²) < 4.78 is 5.67. The Bertz CT molecular complexity index is 289. The van der Waals surface area contributed by atoms with Crippen molar-refractivity contribution in [1.82, 2.24) is 0 Å². The molecule has 0 spiro atoms. The Kier molecular flexibility index (Phi) is 3.67. The van der Waals surface area contributed by atoms with Crippen LogP contribution in [0.4, 0.5) is 0 Å². The second-order valence-corrected chi connectivity index (χ2v) is 4.43. The van der Waals surface area contributed by atoms with E-state index in [-0.39, 0.29) is 5.60 Å². The summed E-state index contributed by atoms with van der Waals surface area (Å²) in [7, 11) is 0. The predicted octanol–water partition coefficient (Wildman–Crippen LogP) is 2.46. The molecule has 0 radical (unpaired) electrons. The van der Waals surface area contributed by atoms with Crippen molar-refractivity contribution in [2.45, 2.75) is 39.5 Å². The second-order valence-electron chi connectivity index (χ2n) is 4.43. The Morgan fingerprint density at radius 2 is 1.86 bits per heavy atom. The highest BCUT2D eigenvalue weighted by molar-refractivity contribution is 5.22. The molecule has 78 valence electrons. The largest absolute Gasteiger partial charge is 0.371 e. The monoisotopic (exact) mass is 193 g/mol. The summed E-state index contributed by atoms with van der Waals surface area (Å²) in [6.07, 6.45) is 0. The van der Waals surface area contributed by atoms with E-state index in [2.05, 4.69) is 32.9 Å². The maximum atomic E-state index is 5.67. The molecule has 0 bridgehead atoms. The topological polar surface area (TPSA) is 35.2 Å². The van der Waals surface area contributed by atoms with Gasteiger partial charge >= 0.3 is 0 Å². The lowest BCUT2D eigenvalue weighted by Gasteiger charge is -2.19. The highest BCUT2D eigenvalue weighted by Gasteiger charge is 2.09. The third-order valence-electron chi connectivity index (χ3n) is 1.90. The first-order chi connectivity index (χ1) is 6.51. The number of nitrogens with two attached hydrogens (primary N) is 1. The van der Waals surface area contributed by atoms with Gasteiger partial charge in [0, 0.05) is 6.54 Å². The quantitative estimate of drug-likeness (QED) is 0.800. The third kappa shape index (κ3) is 3.90. The molecule has 0 aliphatic heterocycles. The molecule has 0 aliphatic carbocycles. The lowest BCUT2D eigenvalue weighted by molar-refractivity contribution is -0.0149. The molecule has 0 saturated carbocycles. The summed E-state index contributed by atoms with van der Waals surface area (Å²) in [4.78, 5) is 0. The standard InChI is InChI=1S/C12H19NO/c1-12(2,3)14-9-11-6-4-5-10(7-11)8-13/h4-7H,8-9,13H2,1-3H3. The number of ether oxygens (including phenoxy) is 1. The van der Waals surface area contributed by atoms with Crippen LogP contribution in [0.1, 0.15) is 31.9 Å². The fourth-order valence-corrected chi connectivity index (χ4v) is 1.15. The molecule has 0 saturated heterocycles. The Morgan fingerprint density at radius 3 is 2.43 bits per heavy atom. The van der Waals surface area contributed by atoms with E-state index >= 15 is 0 Å². The number of benzene rings is 1. The smallest absolute Gasteiger partial charge is 0.0724 e. The van der Waals surface area contributed by atoms with E-state index in [0.717, 1.165) is 5.56 Å². The van der Waals surface area contributed by atoms with Crippen LogP contribution in [0.2, 0.25) is 0 Å². The van der Waals surface area contributed by atoms with Gasteiger partial charge in [-0.2, -0.15) is 0 Å². The molecule has 0 fully saturated rings. The van der Waals surface area contributed by atoms with Gasteiger partial charge in [-0.1, -0.05) is 24.3 Å². The van der Waals surface area contributed by atoms with E-state index in [0.29, 0.717) is 13.2 Å². The number of hydrogen-bond acceptors (Lipinski definition) is 2. The van der Waals surface area contributed by atoms with Gasteiger partial charge in [-0.05, 0) is 31.9 Å². The zero-order chi connectivity index (χ0) is 10.6. The first-order valence-electron chi connectivity index (χ1n) is 4.93. The first kappa shape index (κ1) is 11.2. The van der Waals surface area contributed by atoms with Crippen LogP contribution in [0.5, 0.6) is 0 Å². The average Bonchev–Trinajstić information content (AvgIpc) is 2.14. The summed E-state index contributed by atoms with van der Waals surface area (Å²) in [5.41, 5.74) is 7.81. The maximum Gasteiger partial charge on any atom is 0.0724 e. The normalized spacial score (nSPS) is 11.7. The van der Waals surface area contributed by atoms with Crippen molar-refractivity contribution >= 4 is 0 Å². The van der Waals surface area contributed by atoms with Crippen LogP contribution < -0.4 is 5.73 Å². The summed E-state index contributed by atoms with van der Waals surface area (Å²) >= 11 is 0. The molecule has 0 heterocycles. The van der Waals surface area contributed by atoms with Gasteiger partial charge < -0.3 is 10.5 Å². The van der Waals surface area contributed by atoms with Crippen LogP contribution in [-0.4, -0.2) is 5.60 Å². The van der Waals surface area contributed by atoms with E-state index in [1.54, 1.807) is 0 Å². The summed E-state index contributed by atoms with van der Waals surface area (Å²) in [6, 6.07) is 8.20. The average molecular weight is 193 g/mol. The zero-order valence-corrected chi connectivity index (χ0v) is 9.21. The SMILES string of the molecule is CC(C)(C)OCc1cccc(CN)c1. The highest BCUT2D eigenvalue weighted by Crippen LogP contribution is 2.12. The second kappa shape index (κ2) is 4.58. The molecule has 0 amide bonds. The van der Waals surface area contributed by atoms with Crippen LogP contribution in [0.25, 0.3) is 0 Å². The fourth-order valence-electron chi connectivity index (χ4n) is 1.15. The summed E-state index contributed by atoms with van der Waals surface area (Å²) in [6.45, 7) is 7.40. The molecule has 0 aliphatic rings. The maximum absolute atomic E-state index is 5.67. The Morgan fingerprint density at radius 1 is 1.21 bits per heavy atom. The van der Waals surface area contributed by atoms with Crippen LogP contribution in [0.15, 0.2) is 24.3 Å². The first-order valence-corrected chi connectivity index (χ1v) is 4.93. The Labute approximate surface area is 86.1 Å². The Hall–Kier alpha value is -0.860. The molecule has 2 N–H and O–H groups in total. The van der Waals surface area contributed by atoms with Crippen LogP contribution >= 0.6 is 0 Å². The molecule has 1 aromatic carbocycles. The van der Waals surface area contributed by atoms with Crippen molar-refractivity contribution in [3.05, 3.63) is 35.4 Å². The Balaban J connectivity index is 2.59. The van der Waals surface area contributed by atoms with Gasteiger partial charge in [0.1, 0.15) is 0 Å². The molecule has 0 atom stereocenters. The van der Waals surface area contributed by atoms with E-state index in [4.69, 9.17) is 10.5 Å². The minimum absolute atomic E-state index is 0.0846. The molecule has 0 unspecified atom stereocenters. The van der Waals surface area contributed by atoms with Crippen molar-refractivity contribution in [1.29, 1.82) is 0 Å². The molecule has 14 heavy (non-hydrogen) atoms. The predicted molar refractivity (Wildman–Crippen MR) is 58.9 cm³/mol. The van der Waals surface area contributed by atoms with Crippen molar-refractivity contribution in [2.75, 3.05) is 0 Å². The third-order valence-corrected chi connectivity index (χ3v) is 1.90. The molecular weight excluding hydrogens is 174 g/mol. The van der Waals surface area contributed by atoms with E-state index in [1.807, 2.05) is 12.1 Å². The minimum atomic E-state index is -0.0846. The van der Waals surface area contributed by atoms with Crippen molar-refractivity contribution in [3.63, 3.8) is 0 Å². The van der Waals surface area contributed by atoms with Crippen LogP contribution in [-0.2, 0) is 17.9 Å². The van der Waals surface area contributed by atoms with E-state index in [9.17, 15) is 0 Å².